The molecular weight excluding hydrogens is 338 g/mol. The van der Waals surface area contributed by atoms with Gasteiger partial charge in [-0.15, -0.1) is 0 Å². The highest BCUT2D eigenvalue weighted by molar-refractivity contribution is 7.89. The van der Waals surface area contributed by atoms with E-state index in [1.54, 1.807) is 12.1 Å². The first-order valence-corrected chi connectivity index (χ1v) is 10.6. The standard InChI is InChI=1S/C18H29N3O3S/c1-19-25(23,24)18-6-4-15(5-7-18)13-20-11-8-16(9-12-20)21-10-2-3-17(22)14-21/h4-7,16-17,19,22H,2-3,8-14H2,1H3. The molecule has 2 fully saturated rings. The molecule has 0 bridgehead atoms. The summed E-state index contributed by atoms with van der Waals surface area (Å²) in [6.45, 7) is 4.89. The van der Waals surface area contributed by atoms with Crippen molar-refractivity contribution in [2.45, 2.75) is 49.3 Å². The molecule has 1 atom stereocenters. The van der Waals surface area contributed by atoms with Crippen molar-refractivity contribution < 1.29 is 13.5 Å². The Hall–Kier alpha value is -0.990. The molecule has 0 radical (unpaired) electrons. The van der Waals surface area contributed by atoms with E-state index in [4.69, 9.17) is 0 Å². The minimum absolute atomic E-state index is 0.154. The molecule has 0 spiro atoms. The third-order valence-electron chi connectivity index (χ3n) is 5.41. The van der Waals surface area contributed by atoms with Crippen LogP contribution in [0.1, 0.15) is 31.2 Å². The molecular formula is C18H29N3O3S. The number of aliphatic hydroxyl groups excluding tert-OH is 1. The predicted molar refractivity (Wildman–Crippen MR) is 97.8 cm³/mol. The zero-order valence-electron chi connectivity index (χ0n) is 14.9. The van der Waals surface area contributed by atoms with Gasteiger partial charge in [-0.2, -0.15) is 0 Å². The highest BCUT2D eigenvalue weighted by Crippen LogP contribution is 2.22. The van der Waals surface area contributed by atoms with Crippen molar-refractivity contribution in [2.75, 3.05) is 33.2 Å². The maximum absolute atomic E-state index is 11.8. The number of β-amino-alcohol motifs (C(OH)–C–C–N with tert-alkyl or cyclic N) is 1. The number of rotatable bonds is 5. The van der Waals surface area contributed by atoms with E-state index >= 15 is 0 Å². The molecule has 2 N–H and O–H groups in total. The van der Waals surface area contributed by atoms with E-state index in [0.29, 0.717) is 10.9 Å². The highest BCUT2D eigenvalue weighted by atomic mass is 32.2. The first kappa shape index (κ1) is 18.8. The first-order chi connectivity index (χ1) is 12.0. The molecule has 3 rings (SSSR count). The zero-order valence-corrected chi connectivity index (χ0v) is 15.7. The summed E-state index contributed by atoms with van der Waals surface area (Å²) in [6.07, 6.45) is 4.16. The lowest BCUT2D eigenvalue weighted by molar-refractivity contribution is 0.0243. The molecule has 25 heavy (non-hydrogen) atoms. The van der Waals surface area contributed by atoms with Crippen LogP contribution in [0, 0.1) is 0 Å². The zero-order chi connectivity index (χ0) is 17.9. The monoisotopic (exact) mass is 367 g/mol. The van der Waals surface area contributed by atoms with Gasteiger partial charge in [0, 0.05) is 19.1 Å². The van der Waals surface area contributed by atoms with Crippen LogP contribution in [0.4, 0.5) is 0 Å². The van der Waals surface area contributed by atoms with Gasteiger partial charge in [-0.1, -0.05) is 12.1 Å². The van der Waals surface area contributed by atoms with Gasteiger partial charge in [-0.25, -0.2) is 13.1 Å². The van der Waals surface area contributed by atoms with E-state index in [1.807, 2.05) is 12.1 Å². The van der Waals surface area contributed by atoms with E-state index < -0.39 is 10.0 Å². The largest absolute Gasteiger partial charge is 0.392 e. The van der Waals surface area contributed by atoms with Gasteiger partial charge in [0.05, 0.1) is 11.0 Å². The summed E-state index contributed by atoms with van der Waals surface area (Å²) in [6, 6.07) is 7.73. The van der Waals surface area contributed by atoms with Crippen molar-refractivity contribution >= 4 is 10.0 Å². The number of benzene rings is 1. The average molecular weight is 368 g/mol. The maximum Gasteiger partial charge on any atom is 0.240 e. The summed E-state index contributed by atoms with van der Waals surface area (Å²) in [7, 11) is -1.94. The van der Waals surface area contributed by atoms with Crippen molar-refractivity contribution in [3.05, 3.63) is 29.8 Å². The minimum Gasteiger partial charge on any atom is -0.392 e. The third kappa shape index (κ3) is 4.80. The molecule has 0 saturated carbocycles. The second kappa shape index (κ2) is 8.14. The van der Waals surface area contributed by atoms with Crippen LogP contribution in [0.15, 0.2) is 29.2 Å². The van der Waals surface area contributed by atoms with Crippen LogP contribution in [0.2, 0.25) is 0 Å². The number of sulfonamides is 1. The topological polar surface area (TPSA) is 72.9 Å². The fourth-order valence-electron chi connectivity index (χ4n) is 3.91. The van der Waals surface area contributed by atoms with Gasteiger partial charge in [0.25, 0.3) is 0 Å². The van der Waals surface area contributed by atoms with Crippen molar-refractivity contribution in [2.24, 2.45) is 0 Å². The lowest BCUT2D eigenvalue weighted by Gasteiger charge is -2.41. The van der Waals surface area contributed by atoms with Gasteiger partial charge in [-0.3, -0.25) is 9.80 Å². The smallest absolute Gasteiger partial charge is 0.240 e. The van der Waals surface area contributed by atoms with E-state index in [0.717, 1.165) is 64.0 Å². The number of piperidine rings is 2. The molecule has 1 unspecified atom stereocenters. The second-order valence-electron chi connectivity index (χ2n) is 7.15. The van der Waals surface area contributed by atoms with E-state index in [2.05, 4.69) is 14.5 Å². The summed E-state index contributed by atoms with van der Waals surface area (Å²) in [5.41, 5.74) is 1.14. The number of hydrogen-bond acceptors (Lipinski definition) is 5. The van der Waals surface area contributed by atoms with E-state index in [1.165, 1.54) is 7.05 Å². The van der Waals surface area contributed by atoms with Crippen LogP contribution in [-0.4, -0.2) is 68.7 Å². The van der Waals surface area contributed by atoms with Crippen LogP contribution in [0.25, 0.3) is 0 Å². The Bertz CT molecular complexity index is 655. The van der Waals surface area contributed by atoms with Crippen molar-refractivity contribution in [3.8, 4) is 0 Å². The van der Waals surface area contributed by atoms with Gasteiger partial charge >= 0.3 is 0 Å². The molecule has 140 valence electrons. The summed E-state index contributed by atoms with van der Waals surface area (Å²) >= 11 is 0. The Morgan fingerprint density at radius 2 is 1.80 bits per heavy atom. The molecule has 7 heteroatoms. The number of likely N-dealkylation sites (tertiary alicyclic amines) is 2. The Labute approximate surface area is 150 Å². The summed E-state index contributed by atoms with van der Waals surface area (Å²) < 4.78 is 25.9. The van der Waals surface area contributed by atoms with Gasteiger partial charge in [0.15, 0.2) is 0 Å². The minimum atomic E-state index is -3.36. The Kier molecular flexibility index (Phi) is 6.12. The van der Waals surface area contributed by atoms with Crippen molar-refractivity contribution in [3.63, 3.8) is 0 Å². The molecule has 1 aromatic rings. The number of hydrogen-bond donors (Lipinski definition) is 2. The fourth-order valence-corrected chi connectivity index (χ4v) is 4.64. The summed E-state index contributed by atoms with van der Waals surface area (Å²) in [5, 5.41) is 9.86. The molecule has 0 aliphatic carbocycles. The molecule has 2 saturated heterocycles. The fraction of sp³-hybridized carbons (Fsp3) is 0.667. The van der Waals surface area contributed by atoms with Crippen molar-refractivity contribution in [1.82, 2.24) is 14.5 Å². The van der Waals surface area contributed by atoms with Crippen LogP contribution < -0.4 is 4.72 Å². The van der Waals surface area contributed by atoms with Crippen LogP contribution in [0.3, 0.4) is 0 Å². The van der Waals surface area contributed by atoms with Crippen LogP contribution in [-0.2, 0) is 16.6 Å². The lowest BCUT2D eigenvalue weighted by Crippen LogP contribution is -2.49. The van der Waals surface area contributed by atoms with Gasteiger partial charge in [0.2, 0.25) is 10.0 Å². The molecule has 2 heterocycles. The van der Waals surface area contributed by atoms with Crippen LogP contribution >= 0.6 is 0 Å². The first-order valence-electron chi connectivity index (χ1n) is 9.15. The SMILES string of the molecule is CNS(=O)(=O)c1ccc(CN2CCC(N3CCCC(O)C3)CC2)cc1. The van der Waals surface area contributed by atoms with Gasteiger partial charge in [-0.05, 0) is 70.1 Å². The molecule has 0 amide bonds. The molecule has 2 aliphatic heterocycles. The van der Waals surface area contributed by atoms with Gasteiger partial charge < -0.3 is 5.11 Å². The summed E-state index contributed by atoms with van der Waals surface area (Å²) in [4.78, 5) is 5.20. The highest BCUT2D eigenvalue weighted by Gasteiger charge is 2.28. The van der Waals surface area contributed by atoms with E-state index in [-0.39, 0.29) is 6.10 Å². The number of nitrogens with zero attached hydrogens (tertiary/aromatic N) is 2. The predicted octanol–water partition coefficient (Wildman–Crippen LogP) is 1.02. The quantitative estimate of drug-likeness (QED) is 0.813. The molecule has 2 aliphatic rings. The summed E-state index contributed by atoms with van der Waals surface area (Å²) in [5.74, 6) is 0. The molecule has 1 aromatic carbocycles. The third-order valence-corrected chi connectivity index (χ3v) is 6.84. The Balaban J connectivity index is 1.50. The molecule has 0 aromatic heterocycles. The lowest BCUT2D eigenvalue weighted by atomic mass is 9.98. The van der Waals surface area contributed by atoms with E-state index in [9.17, 15) is 13.5 Å². The normalized spacial score (nSPS) is 24.5. The van der Waals surface area contributed by atoms with Gasteiger partial charge in [0.1, 0.15) is 0 Å². The average Bonchev–Trinajstić information content (AvgIpc) is 2.63. The molecule has 6 nitrogen and oxygen atoms in total. The van der Waals surface area contributed by atoms with Crippen molar-refractivity contribution in [1.29, 1.82) is 0 Å². The maximum atomic E-state index is 11.8. The second-order valence-corrected chi connectivity index (χ2v) is 9.04. The number of aliphatic hydroxyl groups is 1. The van der Waals surface area contributed by atoms with Crippen LogP contribution in [0.5, 0.6) is 0 Å². The number of nitrogens with one attached hydrogen (secondary N) is 1. The Morgan fingerprint density at radius 1 is 1.12 bits per heavy atom. The Morgan fingerprint density at radius 3 is 2.40 bits per heavy atom.